The number of pyridine rings is 1. The fourth-order valence-electron chi connectivity index (χ4n) is 5.22. The lowest BCUT2D eigenvalue weighted by molar-refractivity contribution is 0.0115. The number of rotatable bonds is 5. The minimum atomic E-state index is 0.692. The Balaban J connectivity index is 1.17. The van der Waals surface area contributed by atoms with Crippen LogP contribution in [-0.4, -0.2) is 72.6 Å². The molecule has 2 aliphatic heterocycles. The Morgan fingerprint density at radius 2 is 1.79 bits per heavy atom. The number of benzene rings is 2. The first-order valence-electron chi connectivity index (χ1n) is 12.0. The van der Waals surface area contributed by atoms with Gasteiger partial charge in [0.2, 0.25) is 0 Å². The van der Waals surface area contributed by atoms with Crippen molar-refractivity contribution in [2.75, 3.05) is 56.7 Å². The van der Waals surface area contributed by atoms with E-state index < -0.39 is 0 Å². The number of anilines is 3. The van der Waals surface area contributed by atoms with Crippen molar-refractivity contribution in [3.05, 3.63) is 48.7 Å². The fraction of sp³-hybridized carbons (Fsp3) is 0.385. The average molecular weight is 459 g/mol. The molecule has 2 aliphatic rings. The van der Waals surface area contributed by atoms with Crippen LogP contribution in [0.25, 0.3) is 21.8 Å². The molecule has 0 atom stereocenters. The number of morpholine rings is 1. The number of piperidine rings is 1. The molecule has 0 amide bonds. The first-order chi connectivity index (χ1) is 16.8. The summed E-state index contributed by atoms with van der Waals surface area (Å²) >= 11 is 0. The van der Waals surface area contributed by atoms with E-state index in [0.29, 0.717) is 6.04 Å². The normalized spacial score (nSPS) is 18.0. The molecule has 4 aromatic rings. The lowest BCUT2D eigenvalue weighted by Gasteiger charge is -2.40. The second-order valence-electron chi connectivity index (χ2n) is 9.04. The van der Waals surface area contributed by atoms with E-state index in [1.165, 1.54) is 18.5 Å². The first-order valence-corrected chi connectivity index (χ1v) is 12.0. The Morgan fingerprint density at radius 3 is 2.56 bits per heavy atom. The molecule has 0 aliphatic carbocycles. The number of nitrogens with zero attached hydrogens (tertiary/aromatic N) is 4. The highest BCUT2D eigenvalue weighted by Gasteiger charge is 2.25. The van der Waals surface area contributed by atoms with Crippen molar-refractivity contribution in [3.63, 3.8) is 0 Å². The van der Waals surface area contributed by atoms with E-state index in [1.807, 2.05) is 24.4 Å². The van der Waals surface area contributed by atoms with E-state index in [0.717, 1.165) is 78.5 Å². The van der Waals surface area contributed by atoms with Crippen molar-refractivity contribution in [1.82, 2.24) is 20.1 Å². The van der Waals surface area contributed by atoms with Crippen LogP contribution in [0.3, 0.4) is 0 Å². The number of ether oxygens (including phenoxy) is 2. The Bertz CT molecular complexity index is 1270. The summed E-state index contributed by atoms with van der Waals surface area (Å²) in [5, 5.41) is 12.9. The third kappa shape index (κ3) is 4.03. The molecule has 0 saturated carbocycles. The van der Waals surface area contributed by atoms with E-state index in [2.05, 4.69) is 49.6 Å². The largest absolute Gasteiger partial charge is 0.497 e. The predicted molar refractivity (Wildman–Crippen MR) is 135 cm³/mol. The van der Waals surface area contributed by atoms with Crippen LogP contribution in [0, 0.1) is 0 Å². The van der Waals surface area contributed by atoms with Gasteiger partial charge in [-0.25, -0.2) is 4.98 Å². The summed E-state index contributed by atoms with van der Waals surface area (Å²) in [6.45, 7) is 6.09. The molecular formula is C26H30N6O2. The number of H-pyrrole nitrogens is 1. The molecule has 2 aromatic carbocycles. The number of aromatic amines is 1. The fourth-order valence-corrected chi connectivity index (χ4v) is 5.22. The minimum Gasteiger partial charge on any atom is -0.497 e. The number of fused-ring (bicyclic) bond motifs is 3. The van der Waals surface area contributed by atoms with Crippen molar-refractivity contribution in [3.8, 4) is 5.75 Å². The Hall–Kier alpha value is -3.36. The van der Waals surface area contributed by atoms with Gasteiger partial charge in [0.05, 0.1) is 32.0 Å². The molecule has 176 valence electrons. The van der Waals surface area contributed by atoms with E-state index in [9.17, 15) is 0 Å². The van der Waals surface area contributed by atoms with Gasteiger partial charge in [0, 0.05) is 54.4 Å². The van der Waals surface area contributed by atoms with E-state index in [-0.39, 0.29) is 0 Å². The van der Waals surface area contributed by atoms with Gasteiger partial charge in [-0.05, 0) is 55.3 Å². The molecule has 2 N–H and O–H groups in total. The van der Waals surface area contributed by atoms with Crippen molar-refractivity contribution in [1.29, 1.82) is 0 Å². The Kier molecular flexibility index (Phi) is 5.68. The summed E-state index contributed by atoms with van der Waals surface area (Å²) in [7, 11) is 1.67. The molecule has 0 bridgehead atoms. The molecule has 2 aromatic heterocycles. The molecule has 2 saturated heterocycles. The number of hydrogen-bond acceptors (Lipinski definition) is 7. The molecule has 34 heavy (non-hydrogen) atoms. The standard InChI is InChI=1S/C26H30N6O2/c1-33-21-6-7-24-22(16-21)23-17-27-30-25(23)26(29-24)28-18-2-4-19(5-3-18)31-10-8-20(9-11-31)32-12-14-34-15-13-32/h2-7,16-17,20H,8-15H2,1H3,(H,27,30)(H,28,29). The monoisotopic (exact) mass is 458 g/mol. The molecule has 6 rings (SSSR count). The lowest BCUT2D eigenvalue weighted by atomic mass is 10.0. The summed E-state index contributed by atoms with van der Waals surface area (Å²) in [6, 6.07) is 15.3. The molecule has 8 nitrogen and oxygen atoms in total. The second-order valence-corrected chi connectivity index (χ2v) is 9.04. The summed E-state index contributed by atoms with van der Waals surface area (Å²) in [5.74, 6) is 1.58. The number of nitrogens with one attached hydrogen (secondary N) is 2. The molecular weight excluding hydrogens is 428 g/mol. The van der Waals surface area contributed by atoms with Gasteiger partial charge in [-0.1, -0.05) is 0 Å². The van der Waals surface area contributed by atoms with Crippen LogP contribution in [-0.2, 0) is 4.74 Å². The van der Waals surface area contributed by atoms with Crippen molar-refractivity contribution < 1.29 is 9.47 Å². The van der Waals surface area contributed by atoms with Crippen LogP contribution < -0.4 is 15.0 Å². The van der Waals surface area contributed by atoms with Crippen molar-refractivity contribution in [2.24, 2.45) is 0 Å². The van der Waals surface area contributed by atoms with Gasteiger partial charge in [-0.3, -0.25) is 10.00 Å². The van der Waals surface area contributed by atoms with Gasteiger partial charge in [0.25, 0.3) is 0 Å². The highest BCUT2D eigenvalue weighted by atomic mass is 16.5. The van der Waals surface area contributed by atoms with Gasteiger partial charge in [-0.15, -0.1) is 0 Å². The molecule has 0 spiro atoms. The molecule has 4 heterocycles. The number of methoxy groups -OCH3 is 1. The van der Waals surface area contributed by atoms with Gasteiger partial charge in [0.15, 0.2) is 5.82 Å². The van der Waals surface area contributed by atoms with Gasteiger partial charge in [-0.2, -0.15) is 5.10 Å². The topological polar surface area (TPSA) is 78.5 Å². The van der Waals surface area contributed by atoms with E-state index >= 15 is 0 Å². The second kappa shape index (κ2) is 9.12. The average Bonchev–Trinajstić information content (AvgIpc) is 3.41. The van der Waals surface area contributed by atoms with E-state index in [4.69, 9.17) is 14.5 Å². The molecule has 0 radical (unpaired) electrons. The third-order valence-electron chi connectivity index (χ3n) is 7.12. The van der Waals surface area contributed by atoms with Crippen LogP contribution in [0.2, 0.25) is 0 Å². The Morgan fingerprint density at radius 1 is 1.00 bits per heavy atom. The summed E-state index contributed by atoms with van der Waals surface area (Å²) < 4.78 is 10.9. The number of aromatic nitrogens is 3. The van der Waals surface area contributed by atoms with Crippen LogP contribution in [0.4, 0.5) is 17.2 Å². The first kappa shape index (κ1) is 21.2. The summed E-state index contributed by atoms with van der Waals surface area (Å²) in [5.41, 5.74) is 4.06. The summed E-state index contributed by atoms with van der Waals surface area (Å²) in [4.78, 5) is 9.95. The highest BCUT2D eigenvalue weighted by Crippen LogP contribution is 2.32. The van der Waals surface area contributed by atoms with Gasteiger partial charge >= 0.3 is 0 Å². The summed E-state index contributed by atoms with van der Waals surface area (Å²) in [6.07, 6.45) is 4.26. The van der Waals surface area contributed by atoms with Gasteiger partial charge < -0.3 is 19.7 Å². The maximum absolute atomic E-state index is 5.51. The molecule has 0 unspecified atom stereocenters. The van der Waals surface area contributed by atoms with Crippen LogP contribution in [0.15, 0.2) is 48.7 Å². The van der Waals surface area contributed by atoms with Crippen LogP contribution >= 0.6 is 0 Å². The zero-order chi connectivity index (χ0) is 22.9. The zero-order valence-corrected chi connectivity index (χ0v) is 19.5. The van der Waals surface area contributed by atoms with Crippen molar-refractivity contribution >= 4 is 39.0 Å². The lowest BCUT2D eigenvalue weighted by Crippen LogP contribution is -2.49. The van der Waals surface area contributed by atoms with Crippen LogP contribution in [0.5, 0.6) is 5.75 Å². The molecule has 2 fully saturated rings. The quantitative estimate of drug-likeness (QED) is 0.465. The Labute approximate surface area is 198 Å². The van der Waals surface area contributed by atoms with E-state index in [1.54, 1.807) is 7.11 Å². The molecule has 8 heteroatoms. The smallest absolute Gasteiger partial charge is 0.157 e. The minimum absolute atomic E-state index is 0.692. The number of hydrogen-bond donors (Lipinski definition) is 2. The third-order valence-corrected chi connectivity index (χ3v) is 7.12. The predicted octanol–water partition coefficient (Wildman–Crippen LogP) is 4.16. The highest BCUT2D eigenvalue weighted by molar-refractivity contribution is 6.09. The SMILES string of the molecule is COc1ccc2nc(Nc3ccc(N4CCC(N5CCOCC5)CC4)cc3)c3[nH]ncc3c2c1. The van der Waals surface area contributed by atoms with Crippen molar-refractivity contribution in [2.45, 2.75) is 18.9 Å². The maximum atomic E-state index is 5.51. The van der Waals surface area contributed by atoms with Crippen LogP contribution in [0.1, 0.15) is 12.8 Å². The van der Waals surface area contributed by atoms with Gasteiger partial charge in [0.1, 0.15) is 11.3 Å². The zero-order valence-electron chi connectivity index (χ0n) is 19.5. The maximum Gasteiger partial charge on any atom is 0.157 e.